The first-order valence-corrected chi connectivity index (χ1v) is 4.26. The van der Waals surface area contributed by atoms with E-state index in [-0.39, 0.29) is 0 Å². The van der Waals surface area contributed by atoms with Crippen molar-refractivity contribution in [1.29, 1.82) is 0 Å². The molecule has 74 valence electrons. The lowest BCUT2D eigenvalue weighted by Gasteiger charge is -2.17. The largest absolute Gasteiger partial charge is 0.389 e. The molecule has 0 radical (unpaired) electrons. The normalized spacial score (nSPS) is 12.0. The van der Waals surface area contributed by atoms with E-state index in [1.54, 1.807) is 24.7 Å². The van der Waals surface area contributed by atoms with Gasteiger partial charge < -0.3 is 10.4 Å². The second-order valence-corrected chi connectivity index (χ2v) is 3.76. The van der Waals surface area contributed by atoms with Crippen molar-refractivity contribution < 1.29 is 5.11 Å². The Hall–Kier alpha value is -0.940. The molecule has 1 heterocycles. The summed E-state index contributed by atoms with van der Waals surface area (Å²) in [6, 6.07) is 0. The molecule has 0 atom stereocenters. The molecule has 0 aliphatic heterocycles. The highest BCUT2D eigenvalue weighted by molar-refractivity contribution is 4.92. The summed E-state index contributed by atoms with van der Waals surface area (Å²) in [5.41, 5.74) is 0.329. The van der Waals surface area contributed by atoms with Gasteiger partial charge in [-0.2, -0.15) is 0 Å². The van der Waals surface area contributed by atoms with Crippen LogP contribution in [0, 0.1) is 0 Å². The van der Waals surface area contributed by atoms with Crippen LogP contribution in [0.2, 0.25) is 0 Å². The predicted molar refractivity (Wildman–Crippen MR) is 49.0 cm³/mol. The summed E-state index contributed by atoms with van der Waals surface area (Å²) < 4.78 is 1.71. The highest BCUT2D eigenvalue weighted by Crippen LogP contribution is 1.98. The zero-order valence-corrected chi connectivity index (χ0v) is 8.28. The summed E-state index contributed by atoms with van der Waals surface area (Å²) in [6.07, 6.45) is 1.71. The fourth-order valence-electron chi connectivity index (χ4n) is 0.967. The predicted octanol–water partition coefficient (Wildman–Crippen LogP) is -0.324. The molecule has 0 saturated heterocycles. The average molecular weight is 184 g/mol. The molecule has 0 fully saturated rings. The van der Waals surface area contributed by atoms with Crippen LogP contribution in [0.15, 0.2) is 6.20 Å². The molecular weight excluding hydrogens is 168 g/mol. The standard InChI is InChI=1S/C8H16N4O/c1-8(2,13)6-9-4-7-5-10-11-12(7)3/h5,9,13H,4,6H2,1-3H3. The van der Waals surface area contributed by atoms with Gasteiger partial charge in [-0.3, -0.25) is 4.68 Å². The lowest BCUT2D eigenvalue weighted by Crippen LogP contribution is -2.34. The van der Waals surface area contributed by atoms with Gasteiger partial charge in [-0.1, -0.05) is 5.21 Å². The minimum atomic E-state index is -0.675. The van der Waals surface area contributed by atoms with E-state index < -0.39 is 5.60 Å². The quantitative estimate of drug-likeness (QED) is 0.673. The van der Waals surface area contributed by atoms with Crippen molar-refractivity contribution in [2.45, 2.75) is 26.0 Å². The molecule has 5 nitrogen and oxygen atoms in total. The van der Waals surface area contributed by atoms with E-state index in [9.17, 15) is 5.11 Å². The Balaban J connectivity index is 2.32. The topological polar surface area (TPSA) is 63.0 Å². The Bertz CT molecular complexity index is 263. The molecule has 0 spiro atoms. The monoisotopic (exact) mass is 184 g/mol. The number of aromatic nitrogens is 3. The molecule has 1 aromatic heterocycles. The maximum Gasteiger partial charge on any atom is 0.0738 e. The van der Waals surface area contributed by atoms with Crippen LogP contribution in [0.25, 0.3) is 0 Å². The summed E-state index contributed by atoms with van der Waals surface area (Å²) in [4.78, 5) is 0. The average Bonchev–Trinajstić information content (AvgIpc) is 2.34. The minimum absolute atomic E-state index is 0.554. The summed E-state index contributed by atoms with van der Waals surface area (Å²) in [6.45, 7) is 4.76. The molecule has 5 heteroatoms. The number of rotatable bonds is 4. The molecular formula is C8H16N4O. The van der Waals surface area contributed by atoms with Gasteiger partial charge in [0, 0.05) is 20.1 Å². The highest BCUT2D eigenvalue weighted by atomic mass is 16.3. The molecule has 0 aromatic carbocycles. The number of aryl methyl sites for hydroxylation is 1. The third-order valence-corrected chi connectivity index (χ3v) is 1.67. The molecule has 0 bridgehead atoms. The van der Waals surface area contributed by atoms with Crippen LogP contribution < -0.4 is 5.32 Å². The highest BCUT2D eigenvalue weighted by Gasteiger charge is 2.11. The van der Waals surface area contributed by atoms with Crippen LogP contribution >= 0.6 is 0 Å². The summed E-state index contributed by atoms with van der Waals surface area (Å²) >= 11 is 0. The second-order valence-electron chi connectivity index (χ2n) is 3.76. The summed E-state index contributed by atoms with van der Waals surface area (Å²) in [7, 11) is 1.84. The number of hydrogen-bond acceptors (Lipinski definition) is 4. The number of nitrogens with zero attached hydrogens (tertiary/aromatic N) is 3. The van der Waals surface area contributed by atoms with Gasteiger partial charge in [0.2, 0.25) is 0 Å². The minimum Gasteiger partial charge on any atom is -0.389 e. The lowest BCUT2D eigenvalue weighted by molar-refractivity contribution is 0.0793. The Kier molecular flexibility index (Phi) is 3.00. The fraction of sp³-hybridized carbons (Fsp3) is 0.750. The van der Waals surface area contributed by atoms with Crippen LogP contribution in [-0.4, -0.2) is 32.2 Å². The van der Waals surface area contributed by atoms with E-state index in [1.165, 1.54) is 0 Å². The molecule has 1 rings (SSSR count). The Morgan fingerprint density at radius 3 is 2.77 bits per heavy atom. The third-order valence-electron chi connectivity index (χ3n) is 1.67. The van der Waals surface area contributed by atoms with Gasteiger partial charge in [-0.15, -0.1) is 5.10 Å². The van der Waals surface area contributed by atoms with Gasteiger partial charge in [0.15, 0.2) is 0 Å². The molecule has 0 amide bonds. The van der Waals surface area contributed by atoms with Gasteiger partial charge in [0.05, 0.1) is 17.5 Å². The van der Waals surface area contributed by atoms with Crippen molar-refractivity contribution in [2.24, 2.45) is 7.05 Å². The van der Waals surface area contributed by atoms with Crippen LogP contribution in [0.4, 0.5) is 0 Å². The Labute approximate surface area is 77.8 Å². The van der Waals surface area contributed by atoms with E-state index in [1.807, 2.05) is 7.05 Å². The van der Waals surface area contributed by atoms with Crippen LogP contribution in [0.3, 0.4) is 0 Å². The molecule has 1 aromatic rings. The van der Waals surface area contributed by atoms with Crippen molar-refractivity contribution in [1.82, 2.24) is 20.3 Å². The second kappa shape index (κ2) is 3.85. The van der Waals surface area contributed by atoms with Crippen molar-refractivity contribution in [3.05, 3.63) is 11.9 Å². The van der Waals surface area contributed by atoms with Gasteiger partial charge >= 0.3 is 0 Å². The number of aliphatic hydroxyl groups is 1. The van der Waals surface area contributed by atoms with E-state index in [2.05, 4.69) is 15.6 Å². The summed E-state index contributed by atoms with van der Waals surface area (Å²) in [5, 5.41) is 20.1. The first kappa shape index (κ1) is 10.1. The lowest BCUT2D eigenvalue weighted by atomic mass is 10.1. The molecule has 2 N–H and O–H groups in total. The number of hydrogen-bond donors (Lipinski definition) is 2. The zero-order chi connectivity index (χ0) is 9.90. The van der Waals surface area contributed by atoms with Crippen LogP contribution in [0.5, 0.6) is 0 Å². The van der Waals surface area contributed by atoms with E-state index >= 15 is 0 Å². The maximum atomic E-state index is 9.42. The van der Waals surface area contributed by atoms with Gasteiger partial charge in [-0.25, -0.2) is 0 Å². The van der Waals surface area contributed by atoms with E-state index in [0.717, 1.165) is 5.69 Å². The van der Waals surface area contributed by atoms with Crippen molar-refractivity contribution in [3.8, 4) is 0 Å². The van der Waals surface area contributed by atoms with Gasteiger partial charge in [-0.05, 0) is 13.8 Å². The summed E-state index contributed by atoms with van der Waals surface area (Å²) in [5.74, 6) is 0. The van der Waals surface area contributed by atoms with Crippen molar-refractivity contribution in [3.63, 3.8) is 0 Å². The number of nitrogens with one attached hydrogen (secondary N) is 1. The van der Waals surface area contributed by atoms with Crippen LogP contribution in [0.1, 0.15) is 19.5 Å². The third kappa shape index (κ3) is 3.52. The van der Waals surface area contributed by atoms with E-state index in [0.29, 0.717) is 13.1 Å². The zero-order valence-electron chi connectivity index (χ0n) is 8.28. The Morgan fingerprint density at radius 1 is 1.62 bits per heavy atom. The first-order chi connectivity index (χ1) is 5.99. The van der Waals surface area contributed by atoms with Gasteiger partial charge in [0.25, 0.3) is 0 Å². The fourth-order valence-corrected chi connectivity index (χ4v) is 0.967. The van der Waals surface area contributed by atoms with Crippen molar-refractivity contribution >= 4 is 0 Å². The van der Waals surface area contributed by atoms with E-state index in [4.69, 9.17) is 0 Å². The maximum absolute atomic E-state index is 9.42. The SMILES string of the molecule is Cn1nncc1CNCC(C)(C)O. The van der Waals surface area contributed by atoms with Gasteiger partial charge in [0.1, 0.15) is 0 Å². The molecule has 0 saturated carbocycles. The Morgan fingerprint density at radius 2 is 2.31 bits per heavy atom. The van der Waals surface area contributed by atoms with Crippen molar-refractivity contribution in [2.75, 3.05) is 6.54 Å². The van der Waals surface area contributed by atoms with Crippen LogP contribution in [-0.2, 0) is 13.6 Å². The first-order valence-electron chi connectivity index (χ1n) is 4.26. The molecule has 0 aliphatic carbocycles. The smallest absolute Gasteiger partial charge is 0.0738 e. The molecule has 0 unspecified atom stereocenters. The molecule has 13 heavy (non-hydrogen) atoms. The molecule has 0 aliphatic rings.